The molecule has 1 atom stereocenters. The second kappa shape index (κ2) is 4.41. The number of fused-ring (bicyclic) bond motifs is 2. The largest absolute Gasteiger partial charge is 0.295 e. The number of nitrogens with zero attached hydrogens (tertiary/aromatic N) is 3. The number of hydrogen-bond donors (Lipinski definition) is 0. The van der Waals surface area contributed by atoms with Crippen molar-refractivity contribution in [3.05, 3.63) is 44.5 Å². The van der Waals surface area contributed by atoms with Crippen LogP contribution in [-0.2, 0) is 6.54 Å². The van der Waals surface area contributed by atoms with Crippen molar-refractivity contribution in [1.82, 2.24) is 9.55 Å². The number of aromatic nitrogens is 2. The normalized spacial score (nSPS) is 18.3. The molecule has 0 bridgehead atoms. The van der Waals surface area contributed by atoms with Gasteiger partial charge in [0.05, 0.1) is 20.7 Å². The van der Waals surface area contributed by atoms with Crippen molar-refractivity contribution in [2.24, 2.45) is 0 Å². The molecule has 0 N–H and O–H groups in total. The molecule has 0 saturated carbocycles. The molecule has 7 heteroatoms. The minimum Gasteiger partial charge on any atom is -0.295 e. The van der Waals surface area contributed by atoms with Gasteiger partial charge in [-0.15, -0.1) is 0 Å². The van der Waals surface area contributed by atoms with Gasteiger partial charge in [0.25, 0.3) is 11.2 Å². The van der Waals surface area contributed by atoms with Crippen molar-refractivity contribution in [2.75, 3.05) is 0 Å². The lowest BCUT2D eigenvalue weighted by Gasteiger charge is -2.22. The molecule has 0 aliphatic carbocycles. The fraction of sp³-hybridized carbons (Fsp3) is 0.333. The molecule has 1 aromatic carbocycles. The van der Waals surface area contributed by atoms with Gasteiger partial charge in [-0.25, -0.2) is 4.98 Å². The second-order valence-electron chi connectivity index (χ2n) is 4.50. The van der Waals surface area contributed by atoms with E-state index in [1.807, 2.05) is 0 Å². The van der Waals surface area contributed by atoms with Gasteiger partial charge in [0.1, 0.15) is 5.82 Å². The van der Waals surface area contributed by atoms with Gasteiger partial charge in [-0.1, -0.05) is 15.9 Å². The van der Waals surface area contributed by atoms with E-state index >= 15 is 0 Å². The number of non-ortho nitro benzene ring substituents is 1. The summed E-state index contributed by atoms with van der Waals surface area (Å²) in [5, 5.41) is 11.2. The van der Waals surface area contributed by atoms with E-state index in [0.717, 1.165) is 12.8 Å². The summed E-state index contributed by atoms with van der Waals surface area (Å²) in [6.07, 6.45) is 1.83. The maximum absolute atomic E-state index is 12.3. The molecule has 0 unspecified atom stereocenters. The molecule has 2 heterocycles. The smallest absolute Gasteiger partial charge is 0.271 e. The Labute approximate surface area is 116 Å². The second-order valence-corrected chi connectivity index (χ2v) is 5.60. The third-order valence-corrected chi connectivity index (χ3v) is 4.17. The van der Waals surface area contributed by atoms with Crippen LogP contribution >= 0.6 is 15.9 Å². The lowest BCUT2D eigenvalue weighted by molar-refractivity contribution is -0.384. The lowest BCUT2D eigenvalue weighted by Crippen LogP contribution is -2.29. The zero-order chi connectivity index (χ0) is 13.6. The van der Waals surface area contributed by atoms with Crippen LogP contribution in [0.1, 0.15) is 23.5 Å². The average molecular weight is 324 g/mol. The molecule has 98 valence electrons. The number of halogens is 1. The SMILES string of the molecule is O=c1c2ccc([N+](=O)[O-])cc2nc2n1CCC[C@@H]2Br. The van der Waals surface area contributed by atoms with Crippen LogP contribution in [0.15, 0.2) is 23.0 Å². The van der Waals surface area contributed by atoms with E-state index in [1.54, 1.807) is 4.57 Å². The summed E-state index contributed by atoms with van der Waals surface area (Å²) in [7, 11) is 0. The van der Waals surface area contributed by atoms with Crippen LogP contribution in [0.4, 0.5) is 5.69 Å². The zero-order valence-electron chi connectivity index (χ0n) is 9.88. The van der Waals surface area contributed by atoms with E-state index < -0.39 is 4.92 Å². The minimum atomic E-state index is -0.482. The first-order valence-electron chi connectivity index (χ1n) is 5.91. The number of alkyl halides is 1. The molecule has 19 heavy (non-hydrogen) atoms. The first-order chi connectivity index (χ1) is 9.08. The first kappa shape index (κ1) is 12.3. The van der Waals surface area contributed by atoms with Gasteiger partial charge in [0, 0.05) is 18.7 Å². The van der Waals surface area contributed by atoms with Gasteiger partial charge in [-0.05, 0) is 18.9 Å². The topological polar surface area (TPSA) is 78.0 Å². The minimum absolute atomic E-state index is 0.0256. The summed E-state index contributed by atoms with van der Waals surface area (Å²) in [6, 6.07) is 4.17. The van der Waals surface area contributed by atoms with Crippen LogP contribution in [0.5, 0.6) is 0 Å². The molecular formula is C12H10BrN3O3. The highest BCUT2D eigenvalue weighted by molar-refractivity contribution is 9.09. The highest BCUT2D eigenvalue weighted by Crippen LogP contribution is 2.31. The van der Waals surface area contributed by atoms with E-state index in [9.17, 15) is 14.9 Å². The molecule has 6 nitrogen and oxygen atoms in total. The monoisotopic (exact) mass is 323 g/mol. The summed E-state index contributed by atoms with van der Waals surface area (Å²) in [6.45, 7) is 0.649. The number of nitro groups is 1. The fourth-order valence-corrected chi connectivity index (χ4v) is 3.03. The maximum Gasteiger partial charge on any atom is 0.271 e. The molecule has 0 spiro atoms. The van der Waals surface area contributed by atoms with E-state index in [4.69, 9.17) is 0 Å². The highest BCUT2D eigenvalue weighted by Gasteiger charge is 2.22. The van der Waals surface area contributed by atoms with Gasteiger partial charge in [0.2, 0.25) is 0 Å². The summed E-state index contributed by atoms with van der Waals surface area (Å²) in [5.41, 5.74) is 0.210. The Morgan fingerprint density at radius 2 is 2.26 bits per heavy atom. The number of benzene rings is 1. The van der Waals surface area contributed by atoms with E-state index in [2.05, 4.69) is 20.9 Å². The Morgan fingerprint density at radius 3 is 3.00 bits per heavy atom. The van der Waals surface area contributed by atoms with Crippen molar-refractivity contribution in [1.29, 1.82) is 0 Å². The summed E-state index contributed by atoms with van der Waals surface area (Å²) >= 11 is 3.50. The molecule has 0 saturated heterocycles. The van der Waals surface area contributed by atoms with E-state index in [1.165, 1.54) is 18.2 Å². The quantitative estimate of drug-likeness (QED) is 0.459. The Morgan fingerprint density at radius 1 is 1.47 bits per heavy atom. The maximum atomic E-state index is 12.3. The highest BCUT2D eigenvalue weighted by atomic mass is 79.9. The Kier molecular flexibility index (Phi) is 2.85. The van der Waals surface area contributed by atoms with Crippen molar-refractivity contribution in [3.8, 4) is 0 Å². The van der Waals surface area contributed by atoms with Crippen LogP contribution in [0, 0.1) is 10.1 Å². The van der Waals surface area contributed by atoms with Crippen molar-refractivity contribution in [2.45, 2.75) is 24.2 Å². The predicted molar refractivity (Wildman–Crippen MR) is 73.6 cm³/mol. The molecule has 1 aromatic heterocycles. The van der Waals surface area contributed by atoms with E-state index in [-0.39, 0.29) is 16.1 Å². The third-order valence-electron chi connectivity index (χ3n) is 3.30. The molecule has 2 aromatic rings. The molecular weight excluding hydrogens is 314 g/mol. The van der Waals surface area contributed by atoms with Gasteiger partial charge in [0.15, 0.2) is 0 Å². The van der Waals surface area contributed by atoms with Crippen LogP contribution < -0.4 is 5.56 Å². The molecule has 1 aliphatic heterocycles. The van der Waals surface area contributed by atoms with Crippen molar-refractivity contribution in [3.63, 3.8) is 0 Å². The van der Waals surface area contributed by atoms with Crippen LogP contribution in [0.25, 0.3) is 10.9 Å². The van der Waals surface area contributed by atoms with Gasteiger partial charge < -0.3 is 0 Å². The molecule has 3 rings (SSSR count). The van der Waals surface area contributed by atoms with Crippen molar-refractivity contribution < 1.29 is 4.92 Å². The van der Waals surface area contributed by atoms with Crippen LogP contribution in [0.2, 0.25) is 0 Å². The fourth-order valence-electron chi connectivity index (χ4n) is 2.35. The Bertz CT molecular complexity index is 741. The molecule has 0 amide bonds. The van der Waals surface area contributed by atoms with Gasteiger partial charge in [-0.2, -0.15) is 0 Å². The summed E-state index contributed by atoms with van der Waals surface area (Å²) in [5.74, 6) is 0.657. The standard InChI is InChI=1S/C12H10BrN3O3/c13-9-2-1-5-15-11(9)14-10-6-7(16(18)19)3-4-8(10)12(15)17/h3-4,6,9H,1-2,5H2/t9-/m0/s1. The number of nitro benzene ring substituents is 1. The van der Waals surface area contributed by atoms with Crippen LogP contribution in [-0.4, -0.2) is 14.5 Å². The molecule has 0 radical (unpaired) electrons. The summed E-state index contributed by atoms with van der Waals surface area (Å²) < 4.78 is 1.65. The molecule has 0 fully saturated rings. The Hall–Kier alpha value is -1.76. The number of rotatable bonds is 1. The summed E-state index contributed by atoms with van der Waals surface area (Å²) in [4.78, 5) is 27.1. The van der Waals surface area contributed by atoms with E-state index in [0.29, 0.717) is 23.3 Å². The predicted octanol–water partition coefficient (Wildman–Crippen LogP) is 2.53. The van der Waals surface area contributed by atoms with Gasteiger partial charge >= 0.3 is 0 Å². The lowest BCUT2D eigenvalue weighted by atomic mass is 10.1. The first-order valence-corrected chi connectivity index (χ1v) is 6.82. The Balaban J connectivity index is 2.33. The van der Waals surface area contributed by atoms with Crippen molar-refractivity contribution >= 4 is 32.5 Å². The average Bonchev–Trinajstić information content (AvgIpc) is 2.40. The molecule has 1 aliphatic rings. The number of hydrogen-bond acceptors (Lipinski definition) is 4. The zero-order valence-corrected chi connectivity index (χ0v) is 11.5. The van der Waals surface area contributed by atoms with Crippen LogP contribution in [0.3, 0.4) is 0 Å². The third kappa shape index (κ3) is 1.94. The van der Waals surface area contributed by atoms with Gasteiger partial charge in [-0.3, -0.25) is 19.5 Å².